The van der Waals surface area contributed by atoms with Crippen LogP contribution in [0.15, 0.2) is 41.0 Å². The van der Waals surface area contributed by atoms with E-state index >= 15 is 0 Å². The summed E-state index contributed by atoms with van der Waals surface area (Å²) >= 11 is 9.68. The second-order valence-electron chi connectivity index (χ2n) is 4.63. The average Bonchev–Trinajstić information content (AvgIpc) is 2.38. The highest BCUT2D eigenvalue weighted by molar-refractivity contribution is 9.10. The molecule has 0 saturated heterocycles. The summed E-state index contributed by atoms with van der Waals surface area (Å²) in [4.78, 5) is 6.60. The van der Waals surface area contributed by atoms with Crippen molar-refractivity contribution < 1.29 is 0 Å². The van der Waals surface area contributed by atoms with Crippen molar-refractivity contribution in [2.75, 3.05) is 17.2 Å². The number of nitrogen functional groups attached to an aromatic ring is 1. The molecule has 0 spiro atoms. The largest absolute Gasteiger partial charge is 0.399 e. The summed E-state index contributed by atoms with van der Waals surface area (Å²) in [6.45, 7) is 3.77. The molecule has 0 aliphatic carbocycles. The molecule has 0 aliphatic heterocycles. The van der Waals surface area contributed by atoms with E-state index in [1.807, 2.05) is 24.3 Å². The summed E-state index contributed by atoms with van der Waals surface area (Å²) in [5, 5.41) is 0.650. The lowest BCUT2D eigenvalue weighted by Crippen LogP contribution is -2.24. The van der Waals surface area contributed by atoms with Crippen LogP contribution in [0.3, 0.4) is 0 Å². The van der Waals surface area contributed by atoms with Crippen molar-refractivity contribution in [3.05, 3.63) is 51.6 Å². The van der Waals surface area contributed by atoms with Crippen molar-refractivity contribution in [2.24, 2.45) is 0 Å². The molecule has 2 N–H and O–H groups in total. The lowest BCUT2D eigenvalue weighted by Gasteiger charge is -2.24. The lowest BCUT2D eigenvalue weighted by molar-refractivity contribution is 0.755. The van der Waals surface area contributed by atoms with E-state index in [1.54, 1.807) is 6.20 Å². The fourth-order valence-corrected chi connectivity index (χ4v) is 2.83. The second kappa shape index (κ2) is 6.95. The van der Waals surface area contributed by atoms with E-state index in [0.29, 0.717) is 5.02 Å². The van der Waals surface area contributed by atoms with E-state index in [9.17, 15) is 0 Å². The Morgan fingerprint density at radius 2 is 2.15 bits per heavy atom. The van der Waals surface area contributed by atoms with Gasteiger partial charge in [0.1, 0.15) is 5.82 Å². The van der Waals surface area contributed by atoms with E-state index < -0.39 is 0 Å². The van der Waals surface area contributed by atoms with Gasteiger partial charge in [-0.2, -0.15) is 0 Å². The number of hydrogen-bond acceptors (Lipinski definition) is 3. The molecule has 0 fully saturated rings. The number of pyridine rings is 1. The maximum atomic E-state index is 6.30. The lowest BCUT2D eigenvalue weighted by atomic mass is 10.2. The van der Waals surface area contributed by atoms with Crippen molar-refractivity contribution in [1.29, 1.82) is 0 Å². The highest BCUT2D eigenvalue weighted by atomic mass is 79.9. The fourth-order valence-electron chi connectivity index (χ4n) is 2.08. The van der Waals surface area contributed by atoms with Gasteiger partial charge in [-0.25, -0.2) is 4.98 Å². The molecule has 3 nitrogen and oxygen atoms in total. The Labute approximate surface area is 132 Å². The quantitative estimate of drug-likeness (QED) is 0.804. The standard InChI is InChI=1S/C15H17BrClN3/c1-2-6-20(10-11-4-3-5-13(18)7-11)15-14(17)8-12(16)9-19-15/h3-5,7-9H,2,6,10,18H2,1H3. The molecule has 1 aromatic carbocycles. The SMILES string of the molecule is CCCN(Cc1cccc(N)c1)c1ncc(Br)cc1Cl. The first-order valence-electron chi connectivity index (χ1n) is 6.50. The molecule has 5 heteroatoms. The van der Waals surface area contributed by atoms with Crippen LogP contribution in [0.1, 0.15) is 18.9 Å². The number of nitrogens with two attached hydrogens (primary N) is 1. The molecule has 2 rings (SSSR count). The Hall–Kier alpha value is -1.26. The molecule has 1 aromatic heterocycles. The van der Waals surface area contributed by atoms with Gasteiger partial charge in [0, 0.05) is 29.4 Å². The summed E-state index contributed by atoms with van der Waals surface area (Å²) in [5.74, 6) is 0.805. The summed E-state index contributed by atoms with van der Waals surface area (Å²) in [7, 11) is 0. The molecular formula is C15H17BrClN3. The molecule has 0 bridgehead atoms. The van der Waals surface area contributed by atoms with Crippen LogP contribution in [0.4, 0.5) is 11.5 Å². The summed E-state index contributed by atoms with van der Waals surface area (Å²) < 4.78 is 0.881. The van der Waals surface area contributed by atoms with Gasteiger partial charge in [-0.15, -0.1) is 0 Å². The van der Waals surface area contributed by atoms with E-state index in [0.717, 1.165) is 41.1 Å². The van der Waals surface area contributed by atoms with Crippen LogP contribution in [-0.2, 0) is 6.54 Å². The molecule has 2 aromatic rings. The first-order valence-corrected chi connectivity index (χ1v) is 7.67. The van der Waals surface area contributed by atoms with Crippen LogP contribution in [0.5, 0.6) is 0 Å². The third-order valence-electron chi connectivity index (χ3n) is 2.91. The van der Waals surface area contributed by atoms with Gasteiger partial charge in [-0.3, -0.25) is 0 Å². The minimum Gasteiger partial charge on any atom is -0.399 e. The molecule has 0 atom stereocenters. The first kappa shape index (κ1) is 15.1. The Bertz CT molecular complexity index is 589. The first-order chi connectivity index (χ1) is 9.60. The van der Waals surface area contributed by atoms with Crippen LogP contribution in [0.25, 0.3) is 0 Å². The van der Waals surface area contributed by atoms with Gasteiger partial charge in [-0.1, -0.05) is 30.7 Å². The zero-order chi connectivity index (χ0) is 14.5. The van der Waals surface area contributed by atoms with E-state index in [2.05, 4.69) is 38.8 Å². The van der Waals surface area contributed by atoms with Gasteiger partial charge in [-0.05, 0) is 46.1 Å². The van der Waals surface area contributed by atoms with Crippen LogP contribution in [-0.4, -0.2) is 11.5 Å². The minimum absolute atomic E-state index is 0.650. The van der Waals surface area contributed by atoms with Crippen molar-refractivity contribution in [1.82, 2.24) is 4.98 Å². The summed E-state index contributed by atoms with van der Waals surface area (Å²) in [6.07, 6.45) is 2.79. The van der Waals surface area contributed by atoms with Crippen molar-refractivity contribution in [2.45, 2.75) is 19.9 Å². The monoisotopic (exact) mass is 353 g/mol. The zero-order valence-electron chi connectivity index (χ0n) is 11.3. The molecule has 1 heterocycles. The van der Waals surface area contributed by atoms with Crippen molar-refractivity contribution in [3.63, 3.8) is 0 Å². The van der Waals surface area contributed by atoms with Gasteiger partial charge in [0.05, 0.1) is 5.02 Å². The normalized spacial score (nSPS) is 10.6. The Morgan fingerprint density at radius 1 is 1.35 bits per heavy atom. The maximum absolute atomic E-state index is 6.30. The highest BCUT2D eigenvalue weighted by Gasteiger charge is 2.12. The van der Waals surface area contributed by atoms with E-state index in [4.69, 9.17) is 17.3 Å². The smallest absolute Gasteiger partial charge is 0.147 e. The number of rotatable bonds is 5. The molecule has 0 unspecified atom stereocenters. The number of benzene rings is 1. The predicted molar refractivity (Wildman–Crippen MR) is 89.1 cm³/mol. The number of hydrogen-bond donors (Lipinski definition) is 1. The second-order valence-corrected chi connectivity index (χ2v) is 5.95. The van der Waals surface area contributed by atoms with E-state index in [1.165, 1.54) is 0 Å². The van der Waals surface area contributed by atoms with Crippen LogP contribution < -0.4 is 10.6 Å². The summed E-state index contributed by atoms with van der Waals surface area (Å²) in [6, 6.07) is 9.76. The van der Waals surface area contributed by atoms with Gasteiger partial charge < -0.3 is 10.6 Å². The third-order valence-corrected chi connectivity index (χ3v) is 3.62. The van der Waals surface area contributed by atoms with Crippen LogP contribution in [0, 0.1) is 0 Å². The molecule has 106 valence electrons. The minimum atomic E-state index is 0.650. The molecular weight excluding hydrogens is 338 g/mol. The van der Waals surface area contributed by atoms with Gasteiger partial charge >= 0.3 is 0 Å². The molecule has 0 aliphatic rings. The Balaban J connectivity index is 2.26. The van der Waals surface area contributed by atoms with Gasteiger partial charge in [0.15, 0.2) is 0 Å². The maximum Gasteiger partial charge on any atom is 0.147 e. The molecule has 0 saturated carbocycles. The van der Waals surface area contributed by atoms with Crippen LogP contribution >= 0.6 is 27.5 Å². The van der Waals surface area contributed by atoms with Gasteiger partial charge in [0.2, 0.25) is 0 Å². The topological polar surface area (TPSA) is 42.1 Å². The highest BCUT2D eigenvalue weighted by Crippen LogP contribution is 2.27. The number of nitrogens with zero attached hydrogens (tertiary/aromatic N) is 2. The van der Waals surface area contributed by atoms with Crippen molar-refractivity contribution >= 4 is 39.0 Å². The Morgan fingerprint density at radius 3 is 2.80 bits per heavy atom. The third kappa shape index (κ3) is 3.87. The molecule has 0 radical (unpaired) electrons. The molecule has 0 amide bonds. The summed E-state index contributed by atoms with van der Waals surface area (Å²) in [5.41, 5.74) is 7.75. The average molecular weight is 355 g/mol. The number of halogens is 2. The zero-order valence-corrected chi connectivity index (χ0v) is 13.7. The van der Waals surface area contributed by atoms with Crippen molar-refractivity contribution in [3.8, 4) is 0 Å². The number of anilines is 2. The number of aromatic nitrogens is 1. The van der Waals surface area contributed by atoms with Gasteiger partial charge in [0.25, 0.3) is 0 Å². The Kier molecular flexibility index (Phi) is 5.26. The van der Waals surface area contributed by atoms with Crippen LogP contribution in [0.2, 0.25) is 5.02 Å². The fraction of sp³-hybridized carbons (Fsp3) is 0.267. The molecule has 20 heavy (non-hydrogen) atoms. The predicted octanol–water partition coefficient (Wildman–Crippen LogP) is 4.50. The van der Waals surface area contributed by atoms with E-state index in [-0.39, 0.29) is 0 Å².